The second-order valence-corrected chi connectivity index (χ2v) is 23.4. The Kier molecular flexibility index (Phi) is 19.6. The van der Waals surface area contributed by atoms with Gasteiger partial charge in [-0.3, -0.25) is 0 Å². The molecule has 0 unspecified atom stereocenters. The van der Waals surface area contributed by atoms with E-state index in [0.29, 0.717) is 50.6 Å². The number of hydrogen-bond donors (Lipinski definition) is 0. The van der Waals surface area contributed by atoms with Crippen LogP contribution in [0.3, 0.4) is 0 Å². The number of fused-ring (bicyclic) bond motifs is 6. The van der Waals surface area contributed by atoms with Crippen molar-refractivity contribution in [3.63, 3.8) is 0 Å². The molecular formula is C66H78O12. The van der Waals surface area contributed by atoms with Crippen molar-refractivity contribution >= 4 is 17.9 Å². The van der Waals surface area contributed by atoms with Gasteiger partial charge >= 0.3 is 17.9 Å². The fourth-order valence-electron chi connectivity index (χ4n) is 8.64. The maximum atomic E-state index is 13.5. The van der Waals surface area contributed by atoms with Gasteiger partial charge in [0.15, 0.2) is 19.8 Å². The van der Waals surface area contributed by atoms with Crippen molar-refractivity contribution in [3.8, 4) is 17.2 Å². The molecule has 414 valence electrons. The molecular weight excluding hydrogens is 985 g/mol. The lowest BCUT2D eigenvalue weighted by Gasteiger charge is -2.26. The van der Waals surface area contributed by atoms with Crippen LogP contribution in [-0.4, -0.2) is 37.7 Å². The van der Waals surface area contributed by atoms with Crippen LogP contribution in [0.5, 0.6) is 17.2 Å². The third kappa shape index (κ3) is 17.0. The van der Waals surface area contributed by atoms with Gasteiger partial charge in [0.2, 0.25) is 0 Å². The highest BCUT2D eigenvalue weighted by Crippen LogP contribution is 2.38. The van der Waals surface area contributed by atoms with Crippen LogP contribution < -0.4 is 14.2 Å². The normalized spacial score (nSPS) is 13.4. The molecule has 0 fully saturated rings. The smallest absolute Gasteiger partial charge is 0.344 e. The summed E-state index contributed by atoms with van der Waals surface area (Å²) in [6.07, 6.45) is 0. The summed E-state index contributed by atoms with van der Waals surface area (Å²) in [6, 6.07) is 35.7. The van der Waals surface area contributed by atoms with E-state index in [9.17, 15) is 14.4 Å². The molecule has 0 atom stereocenters. The van der Waals surface area contributed by atoms with Crippen LogP contribution in [0.1, 0.15) is 146 Å². The van der Waals surface area contributed by atoms with Crippen LogP contribution >= 0.6 is 0 Å². The molecule has 12 nitrogen and oxygen atoms in total. The van der Waals surface area contributed by atoms with Crippen LogP contribution in [0.15, 0.2) is 109 Å². The molecule has 1 heterocycles. The predicted molar refractivity (Wildman–Crippen MR) is 300 cm³/mol. The quantitative estimate of drug-likeness (QED) is 0.0716. The monoisotopic (exact) mass is 1060 g/mol. The van der Waals surface area contributed by atoms with Crippen LogP contribution in [0, 0.1) is 20.8 Å². The summed E-state index contributed by atoms with van der Waals surface area (Å²) in [5.74, 6) is -0.331. The standard InChI is InChI=1S/C66H78O12/c1-43-13-19-46(20-14-43)31-73-58(67)40-76-61-49-25-55(64(4,5)6)26-50(61)35-71-37-52-28-57(66(10,11)12)30-54(63(52)78-42-60(69)75-33-48-23-17-45(3)18-24-48)39-72-38-53-29-56(65(7,8)9)27-51(36-70-34-49)62(53)77-41-59(68)74-32-47-21-15-44(2)16-22-47/h13-30H,31-42H2,1-12H3. The van der Waals surface area contributed by atoms with E-state index in [0.717, 1.165) is 50.1 Å². The highest BCUT2D eigenvalue weighted by molar-refractivity contribution is 5.72. The van der Waals surface area contributed by atoms with E-state index in [2.05, 4.69) is 62.3 Å². The van der Waals surface area contributed by atoms with E-state index < -0.39 is 17.9 Å². The van der Waals surface area contributed by atoms with Gasteiger partial charge in [0, 0.05) is 33.4 Å². The summed E-state index contributed by atoms with van der Waals surface area (Å²) >= 11 is 0. The number of benzene rings is 6. The van der Waals surface area contributed by atoms with Gasteiger partial charge in [-0.1, -0.05) is 152 Å². The molecule has 0 aliphatic carbocycles. The first-order chi connectivity index (χ1) is 37.0. The second kappa shape index (κ2) is 26.1. The third-order valence-electron chi connectivity index (χ3n) is 13.4. The number of ether oxygens (including phenoxy) is 9. The van der Waals surface area contributed by atoms with Gasteiger partial charge < -0.3 is 42.6 Å². The summed E-state index contributed by atoms with van der Waals surface area (Å²) in [5.41, 5.74) is 12.1. The Morgan fingerprint density at radius 2 is 0.564 bits per heavy atom. The van der Waals surface area contributed by atoms with E-state index in [1.807, 2.05) is 130 Å². The number of hydrogen-bond acceptors (Lipinski definition) is 12. The van der Waals surface area contributed by atoms with E-state index in [1.54, 1.807) is 0 Å². The minimum absolute atomic E-state index is 0.0727. The van der Waals surface area contributed by atoms with Crippen molar-refractivity contribution in [2.75, 3.05) is 19.8 Å². The van der Waals surface area contributed by atoms with Gasteiger partial charge in [-0.05, 0) is 107 Å². The summed E-state index contributed by atoms with van der Waals surface area (Å²) in [6.45, 7) is 24.8. The van der Waals surface area contributed by atoms with Crippen molar-refractivity contribution in [1.29, 1.82) is 0 Å². The van der Waals surface area contributed by atoms with Gasteiger partial charge in [-0.25, -0.2) is 14.4 Å². The molecule has 78 heavy (non-hydrogen) atoms. The molecule has 1 aliphatic rings. The SMILES string of the molecule is Cc1ccc(COC(=O)COc2c3cc(C(C)(C)C)cc2COCc2cc(C(C)(C)C)cc(c2OCC(=O)OCc2ccc(C)cc2)COCc2cc(C(C)(C)C)cc(c2OCC(=O)OCc2ccc(C)cc2)COC3)cc1. The highest BCUT2D eigenvalue weighted by atomic mass is 16.6. The molecule has 0 aromatic heterocycles. The predicted octanol–water partition coefficient (Wildman–Crippen LogP) is 13.3. The molecule has 0 spiro atoms. The Morgan fingerprint density at radius 1 is 0.359 bits per heavy atom. The van der Waals surface area contributed by atoms with E-state index in [-0.39, 0.29) is 95.5 Å². The Bertz CT molecular complexity index is 2610. The van der Waals surface area contributed by atoms with Gasteiger partial charge in [-0.15, -0.1) is 0 Å². The third-order valence-corrected chi connectivity index (χ3v) is 13.4. The van der Waals surface area contributed by atoms with Gasteiger partial charge in [0.25, 0.3) is 0 Å². The molecule has 6 aromatic rings. The molecule has 12 heteroatoms. The first kappa shape index (κ1) is 58.7. The summed E-state index contributed by atoms with van der Waals surface area (Å²) in [7, 11) is 0. The van der Waals surface area contributed by atoms with Crippen LogP contribution in [-0.2, 0) is 119 Å². The molecule has 6 aromatic carbocycles. The lowest BCUT2D eigenvalue weighted by Crippen LogP contribution is -2.20. The van der Waals surface area contributed by atoms with Crippen molar-refractivity contribution in [3.05, 3.63) is 193 Å². The number of esters is 3. The largest absolute Gasteiger partial charge is 0.481 e. The lowest BCUT2D eigenvalue weighted by atomic mass is 9.84. The van der Waals surface area contributed by atoms with E-state index >= 15 is 0 Å². The Balaban J connectivity index is 1.29. The fraction of sp³-hybridized carbons (Fsp3) is 0.409. The summed E-state index contributed by atoms with van der Waals surface area (Å²) < 4.78 is 56.6. The van der Waals surface area contributed by atoms with Crippen molar-refractivity contribution in [1.82, 2.24) is 0 Å². The molecule has 0 saturated heterocycles. The van der Waals surface area contributed by atoms with Crippen molar-refractivity contribution < 1.29 is 57.0 Å². The Hall–Kier alpha value is -6.99. The van der Waals surface area contributed by atoms with Crippen molar-refractivity contribution in [2.45, 2.75) is 159 Å². The molecule has 1 aliphatic heterocycles. The Morgan fingerprint density at radius 3 is 0.756 bits per heavy atom. The zero-order chi connectivity index (χ0) is 56.2. The number of carbonyl (C=O) groups is 3. The number of carbonyl (C=O) groups excluding carboxylic acids is 3. The topological polar surface area (TPSA) is 134 Å². The lowest BCUT2D eigenvalue weighted by molar-refractivity contribution is -0.148. The van der Waals surface area contributed by atoms with E-state index in [4.69, 9.17) is 42.6 Å². The molecule has 0 amide bonds. The summed E-state index contributed by atoms with van der Waals surface area (Å²) in [4.78, 5) is 40.4. The number of rotatable bonds is 15. The molecule has 0 radical (unpaired) electrons. The first-order valence-electron chi connectivity index (χ1n) is 26.7. The first-order valence-corrected chi connectivity index (χ1v) is 26.7. The van der Waals surface area contributed by atoms with Gasteiger partial charge in [-0.2, -0.15) is 0 Å². The maximum absolute atomic E-state index is 13.5. The highest BCUT2D eigenvalue weighted by Gasteiger charge is 2.27. The van der Waals surface area contributed by atoms with Crippen LogP contribution in [0.4, 0.5) is 0 Å². The van der Waals surface area contributed by atoms with Crippen LogP contribution in [0.2, 0.25) is 0 Å². The zero-order valence-corrected chi connectivity index (χ0v) is 47.8. The zero-order valence-electron chi connectivity index (χ0n) is 47.8. The second-order valence-electron chi connectivity index (χ2n) is 23.4. The van der Waals surface area contributed by atoms with Gasteiger partial charge in [0.05, 0.1) is 39.6 Å². The molecule has 7 rings (SSSR count). The average Bonchev–Trinajstić information content (AvgIpc) is 3.49. The maximum Gasteiger partial charge on any atom is 0.344 e. The molecule has 0 saturated carbocycles. The molecule has 0 N–H and O–H groups in total. The van der Waals surface area contributed by atoms with Crippen molar-refractivity contribution in [2.24, 2.45) is 0 Å². The van der Waals surface area contributed by atoms with Crippen LogP contribution in [0.25, 0.3) is 0 Å². The minimum atomic E-state index is -0.540. The van der Waals surface area contributed by atoms with E-state index in [1.165, 1.54) is 0 Å². The summed E-state index contributed by atoms with van der Waals surface area (Å²) in [5, 5.41) is 0. The minimum Gasteiger partial charge on any atom is -0.481 e. The molecule has 6 bridgehead atoms. The van der Waals surface area contributed by atoms with Gasteiger partial charge in [0.1, 0.15) is 37.1 Å². The fourth-order valence-corrected chi connectivity index (χ4v) is 8.64. The Labute approximate surface area is 461 Å². The number of aryl methyl sites for hydroxylation is 3. The average molecular weight is 1060 g/mol.